The van der Waals surface area contributed by atoms with Gasteiger partial charge in [-0.25, -0.2) is 0 Å². The lowest BCUT2D eigenvalue weighted by molar-refractivity contribution is 0.0951. The van der Waals surface area contributed by atoms with Crippen molar-refractivity contribution < 1.29 is 4.79 Å². The van der Waals surface area contributed by atoms with E-state index in [1.165, 1.54) is 44.9 Å². The molecule has 1 amide bonds. The maximum atomic E-state index is 11.9. The van der Waals surface area contributed by atoms with Crippen molar-refractivity contribution in [2.45, 2.75) is 69.9 Å². The number of hydrogen-bond donors (Lipinski definition) is 2. The van der Waals surface area contributed by atoms with Crippen LogP contribution in [0.2, 0.25) is 0 Å². The Bertz CT molecular complexity index is 457. The number of hydrogen-bond acceptors (Lipinski definition) is 2. The Morgan fingerprint density at radius 2 is 1.43 bits per heavy atom. The fourth-order valence-electron chi connectivity index (χ4n) is 3.05. The number of benzene rings is 1. The number of nitrogens with one attached hydrogen (secondary N) is 2. The molecule has 0 heterocycles. The predicted octanol–water partition coefficient (Wildman–Crippen LogP) is 4.10. The monoisotopic (exact) mass is 286 g/mol. The molecule has 0 unspecified atom stereocenters. The molecule has 0 spiro atoms. The first-order valence-corrected chi connectivity index (χ1v) is 8.49. The van der Waals surface area contributed by atoms with Gasteiger partial charge in [0.25, 0.3) is 5.91 Å². The molecule has 2 N–H and O–H groups in total. The molecule has 3 heteroatoms. The molecule has 2 aliphatic rings. The molecule has 114 valence electrons. The molecule has 1 aromatic rings. The molecule has 2 aliphatic carbocycles. The van der Waals surface area contributed by atoms with Crippen LogP contribution < -0.4 is 10.6 Å². The molecule has 3 nitrogen and oxygen atoms in total. The van der Waals surface area contributed by atoms with Crippen LogP contribution in [0.3, 0.4) is 0 Å². The zero-order valence-electron chi connectivity index (χ0n) is 12.7. The van der Waals surface area contributed by atoms with Gasteiger partial charge in [0.1, 0.15) is 0 Å². The summed E-state index contributed by atoms with van der Waals surface area (Å²) >= 11 is 0. The highest BCUT2D eigenvalue weighted by molar-refractivity contribution is 5.94. The molecule has 0 aliphatic heterocycles. The minimum absolute atomic E-state index is 0.0648. The van der Waals surface area contributed by atoms with Crippen molar-refractivity contribution in [1.82, 2.24) is 5.32 Å². The molecular weight excluding hydrogens is 260 g/mol. The summed E-state index contributed by atoms with van der Waals surface area (Å²) in [4.78, 5) is 11.9. The Hall–Kier alpha value is -1.51. The summed E-state index contributed by atoms with van der Waals surface area (Å²) in [6, 6.07) is 8.97. The molecule has 21 heavy (non-hydrogen) atoms. The molecule has 1 aromatic carbocycles. The van der Waals surface area contributed by atoms with Gasteiger partial charge >= 0.3 is 0 Å². The number of amides is 1. The van der Waals surface area contributed by atoms with Gasteiger partial charge in [-0.3, -0.25) is 4.79 Å². The Kier molecular flexibility index (Phi) is 4.79. The number of anilines is 1. The number of carbonyl (C=O) groups excluding carboxylic acids is 1. The average molecular weight is 286 g/mol. The molecule has 0 aromatic heterocycles. The fourth-order valence-corrected chi connectivity index (χ4v) is 3.05. The van der Waals surface area contributed by atoms with Gasteiger partial charge in [0.2, 0.25) is 0 Å². The van der Waals surface area contributed by atoms with Crippen molar-refractivity contribution in [3.63, 3.8) is 0 Å². The lowest BCUT2D eigenvalue weighted by Crippen LogP contribution is -2.25. The summed E-state index contributed by atoms with van der Waals surface area (Å²) in [5, 5.41) is 6.66. The highest BCUT2D eigenvalue weighted by Crippen LogP contribution is 2.22. The molecule has 0 atom stereocenters. The number of rotatable bonds is 4. The molecule has 3 rings (SSSR count). The van der Waals surface area contributed by atoms with Gasteiger partial charge in [0.05, 0.1) is 0 Å². The summed E-state index contributed by atoms with van der Waals surface area (Å²) in [5.41, 5.74) is 1.91. The number of carbonyl (C=O) groups is 1. The van der Waals surface area contributed by atoms with E-state index in [1.807, 2.05) is 24.3 Å². The van der Waals surface area contributed by atoms with Gasteiger partial charge in [-0.2, -0.15) is 0 Å². The van der Waals surface area contributed by atoms with Gasteiger partial charge < -0.3 is 10.6 Å². The van der Waals surface area contributed by atoms with Crippen LogP contribution in [-0.2, 0) is 0 Å². The highest BCUT2D eigenvalue weighted by atomic mass is 16.1. The Labute approximate surface area is 127 Å². The standard InChI is InChI=1S/C18H26N2O/c21-18(20-17-12-13-17)14-8-10-16(11-9-14)19-15-6-4-2-1-3-5-7-15/h8-11,15,17,19H,1-7,12-13H2,(H,20,21). The summed E-state index contributed by atoms with van der Waals surface area (Å²) in [5.74, 6) is 0.0648. The normalized spacial score (nSPS) is 20.4. The maximum absolute atomic E-state index is 11.9. The summed E-state index contributed by atoms with van der Waals surface area (Å²) in [7, 11) is 0. The third-order valence-electron chi connectivity index (χ3n) is 4.54. The SMILES string of the molecule is O=C(NC1CC1)c1ccc(NC2CCCCCCC2)cc1. The second-order valence-corrected chi connectivity index (χ2v) is 6.51. The van der Waals surface area contributed by atoms with Gasteiger partial charge in [-0.1, -0.05) is 32.1 Å². The highest BCUT2D eigenvalue weighted by Gasteiger charge is 2.23. The quantitative estimate of drug-likeness (QED) is 0.874. The lowest BCUT2D eigenvalue weighted by Gasteiger charge is -2.22. The van der Waals surface area contributed by atoms with Gasteiger partial charge in [-0.05, 0) is 49.9 Å². The van der Waals surface area contributed by atoms with E-state index in [-0.39, 0.29) is 5.91 Å². The Morgan fingerprint density at radius 3 is 2.05 bits per heavy atom. The van der Waals surface area contributed by atoms with Crippen molar-refractivity contribution in [3.05, 3.63) is 29.8 Å². The maximum Gasteiger partial charge on any atom is 0.251 e. The first-order chi connectivity index (χ1) is 10.3. The van der Waals surface area contributed by atoms with Crippen molar-refractivity contribution in [2.75, 3.05) is 5.32 Å². The van der Waals surface area contributed by atoms with E-state index in [1.54, 1.807) is 0 Å². The van der Waals surface area contributed by atoms with E-state index >= 15 is 0 Å². The average Bonchev–Trinajstić information content (AvgIpc) is 3.26. The third-order valence-corrected chi connectivity index (χ3v) is 4.54. The molecule has 2 saturated carbocycles. The van der Waals surface area contributed by atoms with Crippen LogP contribution in [0.1, 0.15) is 68.1 Å². The Morgan fingerprint density at radius 1 is 0.810 bits per heavy atom. The fraction of sp³-hybridized carbons (Fsp3) is 0.611. The lowest BCUT2D eigenvalue weighted by atomic mass is 9.96. The van der Waals surface area contributed by atoms with Crippen LogP contribution >= 0.6 is 0 Å². The van der Waals surface area contributed by atoms with Crippen molar-refractivity contribution in [2.24, 2.45) is 0 Å². The van der Waals surface area contributed by atoms with Gasteiger partial charge in [0, 0.05) is 23.3 Å². The van der Waals surface area contributed by atoms with Crippen LogP contribution in [0.4, 0.5) is 5.69 Å². The largest absolute Gasteiger partial charge is 0.382 e. The van der Waals surface area contributed by atoms with Gasteiger partial charge in [0.15, 0.2) is 0 Å². The van der Waals surface area contributed by atoms with Gasteiger partial charge in [-0.15, -0.1) is 0 Å². The van der Waals surface area contributed by atoms with E-state index in [0.717, 1.165) is 24.1 Å². The zero-order chi connectivity index (χ0) is 14.5. The van der Waals surface area contributed by atoms with E-state index in [4.69, 9.17) is 0 Å². The zero-order valence-corrected chi connectivity index (χ0v) is 12.7. The molecule has 0 saturated heterocycles. The van der Waals surface area contributed by atoms with Crippen molar-refractivity contribution in [3.8, 4) is 0 Å². The predicted molar refractivity (Wildman–Crippen MR) is 86.7 cm³/mol. The summed E-state index contributed by atoms with van der Waals surface area (Å²) in [6.07, 6.45) is 11.6. The van der Waals surface area contributed by atoms with E-state index in [2.05, 4.69) is 10.6 Å². The van der Waals surface area contributed by atoms with Crippen LogP contribution in [0.15, 0.2) is 24.3 Å². The van der Waals surface area contributed by atoms with E-state index in [0.29, 0.717) is 12.1 Å². The van der Waals surface area contributed by atoms with Crippen LogP contribution in [0, 0.1) is 0 Å². The minimum Gasteiger partial charge on any atom is -0.382 e. The third kappa shape index (κ3) is 4.48. The Balaban J connectivity index is 1.54. The summed E-state index contributed by atoms with van der Waals surface area (Å²) in [6.45, 7) is 0. The second kappa shape index (κ2) is 6.97. The molecule has 0 radical (unpaired) electrons. The topological polar surface area (TPSA) is 41.1 Å². The first-order valence-electron chi connectivity index (χ1n) is 8.49. The first kappa shape index (κ1) is 14.4. The minimum atomic E-state index is 0.0648. The van der Waals surface area contributed by atoms with Crippen LogP contribution in [-0.4, -0.2) is 18.0 Å². The van der Waals surface area contributed by atoms with E-state index < -0.39 is 0 Å². The summed E-state index contributed by atoms with van der Waals surface area (Å²) < 4.78 is 0. The van der Waals surface area contributed by atoms with Crippen LogP contribution in [0.25, 0.3) is 0 Å². The van der Waals surface area contributed by atoms with E-state index in [9.17, 15) is 4.79 Å². The van der Waals surface area contributed by atoms with Crippen molar-refractivity contribution >= 4 is 11.6 Å². The molecular formula is C18H26N2O. The van der Waals surface area contributed by atoms with Crippen LogP contribution in [0.5, 0.6) is 0 Å². The molecule has 0 bridgehead atoms. The van der Waals surface area contributed by atoms with Crippen molar-refractivity contribution in [1.29, 1.82) is 0 Å². The second-order valence-electron chi connectivity index (χ2n) is 6.51. The smallest absolute Gasteiger partial charge is 0.251 e. The molecule has 2 fully saturated rings.